The number of rotatable bonds is 13. The Kier molecular flexibility index (Phi) is 11.4. The Morgan fingerprint density at radius 1 is 0.818 bits per heavy atom. The van der Waals surface area contributed by atoms with Gasteiger partial charge in [-0.25, -0.2) is 8.42 Å². The van der Waals surface area contributed by atoms with Gasteiger partial charge in [0.2, 0.25) is 11.8 Å². The van der Waals surface area contributed by atoms with Crippen LogP contribution < -0.4 is 9.62 Å². The van der Waals surface area contributed by atoms with Crippen molar-refractivity contribution in [2.24, 2.45) is 0 Å². The lowest BCUT2D eigenvalue weighted by Crippen LogP contribution is -2.54. The number of nitrogens with zero attached hydrogens (tertiary/aromatic N) is 2. The third kappa shape index (κ3) is 8.40. The van der Waals surface area contributed by atoms with Crippen LogP contribution in [0.2, 0.25) is 10.0 Å². The normalized spacial score (nSPS) is 12.6. The smallest absolute Gasteiger partial charge is 0.264 e. The van der Waals surface area contributed by atoms with Gasteiger partial charge in [0.1, 0.15) is 12.6 Å². The van der Waals surface area contributed by atoms with Gasteiger partial charge in [0, 0.05) is 24.0 Å². The molecule has 230 valence electrons. The Balaban J connectivity index is 1.81. The van der Waals surface area contributed by atoms with Crippen molar-refractivity contribution in [3.05, 3.63) is 130 Å². The zero-order chi connectivity index (χ0) is 31.7. The molecular formula is C34H35Cl2N3O4S. The molecule has 10 heteroatoms. The monoisotopic (exact) mass is 651 g/mol. The van der Waals surface area contributed by atoms with Gasteiger partial charge in [-0.05, 0) is 60.9 Å². The molecule has 0 radical (unpaired) electrons. The van der Waals surface area contributed by atoms with Crippen molar-refractivity contribution >= 4 is 50.7 Å². The van der Waals surface area contributed by atoms with Crippen LogP contribution in [0.3, 0.4) is 0 Å². The van der Waals surface area contributed by atoms with Crippen molar-refractivity contribution in [2.75, 3.05) is 10.8 Å². The summed E-state index contributed by atoms with van der Waals surface area (Å²) in [6, 6.07) is 29.6. The Bertz CT molecular complexity index is 1670. The SMILES string of the molecule is CC[C@@H](C)NC(=O)[C@H](Cc1ccccc1)N(Cc1cccc(Cl)c1)C(=O)CN(c1ccccc1Cl)S(=O)(=O)c1ccccc1. The maximum Gasteiger partial charge on any atom is 0.264 e. The fraction of sp³-hybridized carbons (Fsp3) is 0.235. The molecule has 0 saturated carbocycles. The van der Waals surface area contributed by atoms with Crippen molar-refractivity contribution < 1.29 is 18.0 Å². The fourth-order valence-electron chi connectivity index (χ4n) is 4.71. The summed E-state index contributed by atoms with van der Waals surface area (Å²) in [6.07, 6.45) is 0.911. The summed E-state index contributed by atoms with van der Waals surface area (Å²) in [5.41, 5.74) is 1.69. The molecule has 0 heterocycles. The fourth-order valence-corrected chi connectivity index (χ4v) is 6.67. The highest BCUT2D eigenvalue weighted by Gasteiger charge is 2.35. The highest BCUT2D eigenvalue weighted by Crippen LogP contribution is 2.31. The lowest BCUT2D eigenvalue weighted by molar-refractivity contribution is -0.140. The van der Waals surface area contributed by atoms with Crippen molar-refractivity contribution in [3.63, 3.8) is 0 Å². The van der Waals surface area contributed by atoms with Gasteiger partial charge >= 0.3 is 0 Å². The molecule has 4 aromatic rings. The van der Waals surface area contributed by atoms with Crippen LogP contribution in [0.25, 0.3) is 0 Å². The van der Waals surface area contributed by atoms with E-state index in [9.17, 15) is 18.0 Å². The molecule has 0 bridgehead atoms. The van der Waals surface area contributed by atoms with E-state index in [1.54, 1.807) is 60.7 Å². The molecule has 0 aliphatic heterocycles. The summed E-state index contributed by atoms with van der Waals surface area (Å²) in [7, 11) is -4.23. The lowest BCUT2D eigenvalue weighted by atomic mass is 10.0. The van der Waals surface area contributed by atoms with Crippen molar-refractivity contribution in [3.8, 4) is 0 Å². The van der Waals surface area contributed by atoms with Crippen LogP contribution in [-0.4, -0.2) is 43.8 Å². The molecule has 7 nitrogen and oxygen atoms in total. The van der Waals surface area contributed by atoms with Crippen LogP contribution >= 0.6 is 23.2 Å². The van der Waals surface area contributed by atoms with E-state index in [0.29, 0.717) is 17.0 Å². The number of amides is 2. The standard InChI is InChI=1S/C34H35Cl2N3O4S/c1-3-25(2)37-34(41)32(22-26-13-6-4-7-14-26)38(23-27-15-12-16-28(35)21-27)33(40)24-39(31-20-11-10-19-30(31)36)44(42,43)29-17-8-5-9-18-29/h4-21,25,32H,3,22-24H2,1-2H3,(H,37,41)/t25-,32+/m1/s1. The van der Waals surface area contributed by atoms with Crippen LogP contribution in [0.4, 0.5) is 5.69 Å². The van der Waals surface area contributed by atoms with Gasteiger partial charge in [0.15, 0.2) is 0 Å². The van der Waals surface area contributed by atoms with E-state index in [-0.39, 0.29) is 40.5 Å². The number of carbonyl (C=O) groups excluding carboxylic acids is 2. The molecule has 0 unspecified atom stereocenters. The first kappa shape index (κ1) is 33.1. The summed E-state index contributed by atoms with van der Waals surface area (Å²) >= 11 is 12.8. The zero-order valence-corrected chi connectivity index (χ0v) is 26.9. The van der Waals surface area contributed by atoms with Crippen LogP contribution in [0, 0.1) is 0 Å². The number of hydrogen-bond donors (Lipinski definition) is 1. The van der Waals surface area contributed by atoms with Crippen LogP contribution in [0.15, 0.2) is 114 Å². The molecule has 1 N–H and O–H groups in total. The second-order valence-electron chi connectivity index (χ2n) is 10.5. The molecule has 0 saturated heterocycles. The Hall–Kier alpha value is -3.85. The summed E-state index contributed by atoms with van der Waals surface area (Å²) in [4.78, 5) is 29.8. The number of hydrogen-bond acceptors (Lipinski definition) is 4. The third-order valence-corrected chi connectivity index (χ3v) is 9.57. The van der Waals surface area contributed by atoms with Gasteiger partial charge in [0.05, 0.1) is 15.6 Å². The lowest BCUT2D eigenvalue weighted by Gasteiger charge is -2.34. The first-order chi connectivity index (χ1) is 21.1. The molecule has 0 fully saturated rings. The molecule has 0 aliphatic rings. The summed E-state index contributed by atoms with van der Waals surface area (Å²) < 4.78 is 29.1. The topological polar surface area (TPSA) is 86.8 Å². The molecule has 0 aromatic heterocycles. The maximum atomic E-state index is 14.5. The molecule has 2 atom stereocenters. The Morgan fingerprint density at radius 2 is 1.43 bits per heavy atom. The van der Waals surface area contributed by atoms with Crippen molar-refractivity contribution in [1.29, 1.82) is 0 Å². The number of sulfonamides is 1. The van der Waals surface area contributed by atoms with Gasteiger partial charge in [0.25, 0.3) is 10.0 Å². The molecular weight excluding hydrogens is 617 g/mol. The minimum Gasteiger partial charge on any atom is -0.352 e. The van der Waals surface area contributed by atoms with Crippen LogP contribution in [0.1, 0.15) is 31.4 Å². The second-order valence-corrected chi connectivity index (χ2v) is 13.2. The average Bonchev–Trinajstić information content (AvgIpc) is 3.02. The van der Waals surface area contributed by atoms with Crippen LogP contribution in [0.5, 0.6) is 0 Å². The van der Waals surface area contributed by atoms with Crippen molar-refractivity contribution in [1.82, 2.24) is 10.2 Å². The van der Waals surface area contributed by atoms with Gasteiger partial charge in [-0.3, -0.25) is 13.9 Å². The highest BCUT2D eigenvalue weighted by atomic mass is 35.5. The minimum absolute atomic E-state index is 0.00413. The van der Waals surface area contributed by atoms with E-state index in [1.807, 2.05) is 50.2 Å². The summed E-state index contributed by atoms with van der Waals surface area (Å²) in [5, 5.41) is 3.66. The Morgan fingerprint density at radius 3 is 2.07 bits per heavy atom. The second kappa shape index (κ2) is 15.2. The Labute approximate surface area is 269 Å². The first-order valence-corrected chi connectivity index (χ1v) is 16.5. The molecule has 0 spiro atoms. The number of carbonyl (C=O) groups is 2. The highest BCUT2D eigenvalue weighted by molar-refractivity contribution is 7.92. The zero-order valence-electron chi connectivity index (χ0n) is 24.6. The molecule has 2 amide bonds. The number of anilines is 1. The molecule has 4 rings (SSSR count). The number of halogens is 2. The number of benzene rings is 4. The minimum atomic E-state index is -4.23. The number of para-hydroxylation sites is 1. The third-order valence-electron chi connectivity index (χ3n) is 7.25. The van der Waals surface area contributed by atoms with E-state index in [1.165, 1.54) is 17.0 Å². The van der Waals surface area contributed by atoms with E-state index in [4.69, 9.17) is 23.2 Å². The van der Waals surface area contributed by atoms with Gasteiger partial charge in [-0.15, -0.1) is 0 Å². The predicted molar refractivity (Wildman–Crippen MR) is 176 cm³/mol. The molecule has 44 heavy (non-hydrogen) atoms. The van der Waals surface area contributed by atoms with Gasteiger partial charge < -0.3 is 10.2 Å². The number of nitrogens with one attached hydrogen (secondary N) is 1. The van der Waals surface area contributed by atoms with Gasteiger partial charge in [-0.2, -0.15) is 0 Å². The summed E-state index contributed by atoms with van der Waals surface area (Å²) in [5.74, 6) is -0.918. The largest absolute Gasteiger partial charge is 0.352 e. The quantitative estimate of drug-likeness (QED) is 0.173. The van der Waals surface area contributed by atoms with Crippen molar-refractivity contribution in [2.45, 2.75) is 50.2 Å². The van der Waals surface area contributed by atoms with E-state index in [0.717, 1.165) is 9.87 Å². The molecule has 0 aliphatic carbocycles. The van der Waals surface area contributed by atoms with E-state index < -0.39 is 28.5 Å². The average molecular weight is 653 g/mol. The summed E-state index contributed by atoms with van der Waals surface area (Å²) in [6.45, 7) is 3.28. The van der Waals surface area contributed by atoms with E-state index in [2.05, 4.69) is 5.32 Å². The molecule has 4 aromatic carbocycles. The predicted octanol–water partition coefficient (Wildman–Crippen LogP) is 6.74. The first-order valence-electron chi connectivity index (χ1n) is 14.3. The maximum absolute atomic E-state index is 14.5. The van der Waals surface area contributed by atoms with E-state index >= 15 is 0 Å². The van der Waals surface area contributed by atoms with Crippen LogP contribution in [-0.2, 0) is 32.6 Å². The van der Waals surface area contributed by atoms with Gasteiger partial charge in [-0.1, -0.05) is 103 Å².